The highest BCUT2D eigenvalue weighted by molar-refractivity contribution is 9.09. The molecule has 0 aliphatic rings. The van der Waals surface area contributed by atoms with Crippen LogP contribution >= 0.6 is 15.9 Å². The molecule has 80 valence electrons. The second kappa shape index (κ2) is 7.80. The van der Waals surface area contributed by atoms with Crippen LogP contribution in [0.15, 0.2) is 23.3 Å². The first kappa shape index (κ1) is 13.4. The molecule has 0 heterocycles. The summed E-state index contributed by atoms with van der Waals surface area (Å²) in [6.07, 6.45) is 5.91. The monoisotopic (exact) mass is 260 g/mol. The first-order valence-corrected chi connectivity index (χ1v) is 5.70. The molecule has 0 aromatic rings. The zero-order chi connectivity index (χ0) is 11.0. The summed E-state index contributed by atoms with van der Waals surface area (Å²) in [6, 6.07) is 0. The predicted octanol–water partition coefficient (Wildman–Crippen LogP) is 3.23. The van der Waals surface area contributed by atoms with E-state index in [1.165, 1.54) is 12.7 Å². The van der Waals surface area contributed by atoms with E-state index in [2.05, 4.69) is 33.7 Å². The lowest BCUT2D eigenvalue weighted by Crippen LogP contribution is -2.01. The second-order valence-electron chi connectivity index (χ2n) is 3.12. The lowest BCUT2D eigenvalue weighted by molar-refractivity contribution is -0.136. The van der Waals surface area contributed by atoms with Gasteiger partial charge < -0.3 is 4.74 Å². The maximum atomic E-state index is 11.0. The molecule has 0 amide bonds. The molecule has 0 unspecified atom stereocenters. The number of hydrogen-bond donors (Lipinski definition) is 0. The Morgan fingerprint density at radius 1 is 1.36 bits per heavy atom. The van der Waals surface area contributed by atoms with Crippen molar-refractivity contribution in [3.05, 3.63) is 23.3 Å². The standard InChI is InChI=1S/C11H17BrO2/c1-9(7-8-12)5-4-6-10(2)11(13)14-3/h6-7H,4-5,8H2,1-3H3. The van der Waals surface area contributed by atoms with Crippen molar-refractivity contribution < 1.29 is 9.53 Å². The van der Waals surface area contributed by atoms with Crippen molar-refractivity contribution in [3.8, 4) is 0 Å². The van der Waals surface area contributed by atoms with Crippen LogP contribution in [0.2, 0.25) is 0 Å². The summed E-state index contributed by atoms with van der Waals surface area (Å²) in [4.78, 5) is 11.0. The SMILES string of the molecule is COC(=O)C(C)=CCCC(C)=CCBr. The minimum Gasteiger partial charge on any atom is -0.466 e. The molecule has 0 saturated heterocycles. The maximum absolute atomic E-state index is 11.0. The molecule has 0 bridgehead atoms. The molecule has 14 heavy (non-hydrogen) atoms. The van der Waals surface area contributed by atoms with E-state index >= 15 is 0 Å². The van der Waals surface area contributed by atoms with E-state index in [1.807, 2.05) is 6.08 Å². The summed E-state index contributed by atoms with van der Waals surface area (Å²) in [5, 5.41) is 0.887. The Balaban J connectivity index is 3.93. The van der Waals surface area contributed by atoms with Crippen LogP contribution in [0.1, 0.15) is 26.7 Å². The molecule has 0 aliphatic carbocycles. The molecule has 0 N–H and O–H groups in total. The van der Waals surface area contributed by atoms with E-state index in [0.29, 0.717) is 5.57 Å². The Bertz CT molecular complexity index is 242. The van der Waals surface area contributed by atoms with Crippen LogP contribution in [-0.2, 0) is 9.53 Å². The number of rotatable bonds is 5. The van der Waals surface area contributed by atoms with Gasteiger partial charge in [0.1, 0.15) is 0 Å². The maximum Gasteiger partial charge on any atom is 0.333 e. The van der Waals surface area contributed by atoms with Gasteiger partial charge in [-0.3, -0.25) is 0 Å². The van der Waals surface area contributed by atoms with Gasteiger partial charge in [-0.15, -0.1) is 0 Å². The Kier molecular flexibility index (Phi) is 7.48. The summed E-state index contributed by atoms with van der Waals surface area (Å²) in [5.74, 6) is -0.243. The number of ether oxygens (including phenoxy) is 1. The number of carbonyl (C=O) groups excluding carboxylic acids is 1. The zero-order valence-corrected chi connectivity index (χ0v) is 10.6. The van der Waals surface area contributed by atoms with Crippen molar-refractivity contribution in [1.29, 1.82) is 0 Å². The highest BCUT2D eigenvalue weighted by Crippen LogP contribution is 2.07. The largest absolute Gasteiger partial charge is 0.466 e. The minimum absolute atomic E-state index is 0.243. The third-order valence-corrected chi connectivity index (χ3v) is 2.25. The molecule has 0 spiro atoms. The Morgan fingerprint density at radius 2 is 2.00 bits per heavy atom. The van der Waals surface area contributed by atoms with Gasteiger partial charge in [0, 0.05) is 10.9 Å². The number of halogens is 1. The molecule has 0 saturated carbocycles. The number of carbonyl (C=O) groups is 1. The molecule has 0 aromatic carbocycles. The van der Waals surface area contributed by atoms with Crippen LogP contribution in [0.5, 0.6) is 0 Å². The van der Waals surface area contributed by atoms with E-state index in [4.69, 9.17) is 0 Å². The van der Waals surface area contributed by atoms with Gasteiger partial charge in [0.15, 0.2) is 0 Å². The molecule has 0 rings (SSSR count). The molecule has 0 radical (unpaired) electrons. The van der Waals surface area contributed by atoms with E-state index in [0.717, 1.165) is 18.2 Å². The highest BCUT2D eigenvalue weighted by Gasteiger charge is 2.01. The number of methoxy groups -OCH3 is 1. The van der Waals surface area contributed by atoms with Crippen molar-refractivity contribution >= 4 is 21.9 Å². The molecule has 0 atom stereocenters. The zero-order valence-electron chi connectivity index (χ0n) is 8.97. The second-order valence-corrected chi connectivity index (χ2v) is 3.77. The molecular weight excluding hydrogens is 244 g/mol. The number of esters is 1. The van der Waals surface area contributed by atoms with Crippen LogP contribution in [0.3, 0.4) is 0 Å². The van der Waals surface area contributed by atoms with Crippen molar-refractivity contribution in [2.45, 2.75) is 26.7 Å². The summed E-state index contributed by atoms with van der Waals surface area (Å²) < 4.78 is 4.59. The molecule has 2 nitrogen and oxygen atoms in total. The topological polar surface area (TPSA) is 26.3 Å². The fourth-order valence-electron chi connectivity index (χ4n) is 0.994. The number of hydrogen-bond acceptors (Lipinski definition) is 2. The van der Waals surface area contributed by atoms with Gasteiger partial charge in [0.05, 0.1) is 7.11 Å². The van der Waals surface area contributed by atoms with Crippen molar-refractivity contribution in [2.24, 2.45) is 0 Å². The van der Waals surface area contributed by atoms with E-state index < -0.39 is 0 Å². The molecule has 0 fully saturated rings. The third-order valence-electron chi connectivity index (χ3n) is 1.92. The van der Waals surface area contributed by atoms with Gasteiger partial charge in [0.25, 0.3) is 0 Å². The number of allylic oxidation sites excluding steroid dienone is 3. The normalized spacial score (nSPS) is 12.9. The first-order chi connectivity index (χ1) is 6.61. The summed E-state index contributed by atoms with van der Waals surface area (Å²) in [7, 11) is 1.40. The lowest BCUT2D eigenvalue weighted by atomic mass is 10.1. The predicted molar refractivity (Wildman–Crippen MR) is 62.6 cm³/mol. The molecule has 3 heteroatoms. The quantitative estimate of drug-likeness (QED) is 0.329. The van der Waals surface area contributed by atoms with Crippen molar-refractivity contribution in [3.63, 3.8) is 0 Å². The summed E-state index contributed by atoms with van der Waals surface area (Å²) >= 11 is 3.34. The Morgan fingerprint density at radius 3 is 2.50 bits per heavy atom. The van der Waals surface area contributed by atoms with Crippen LogP contribution in [0, 0.1) is 0 Å². The van der Waals surface area contributed by atoms with Gasteiger partial charge >= 0.3 is 5.97 Å². The average Bonchev–Trinajstić information content (AvgIpc) is 2.16. The van der Waals surface area contributed by atoms with E-state index in [-0.39, 0.29) is 5.97 Å². The van der Waals surface area contributed by atoms with Crippen molar-refractivity contribution in [2.75, 3.05) is 12.4 Å². The van der Waals surface area contributed by atoms with Gasteiger partial charge in [-0.05, 0) is 26.7 Å². The fraction of sp³-hybridized carbons (Fsp3) is 0.545. The van der Waals surface area contributed by atoms with Gasteiger partial charge in [-0.1, -0.05) is 33.7 Å². The Hall–Kier alpha value is -0.570. The smallest absolute Gasteiger partial charge is 0.333 e. The van der Waals surface area contributed by atoms with E-state index in [1.54, 1.807) is 6.92 Å². The van der Waals surface area contributed by atoms with Gasteiger partial charge in [0.2, 0.25) is 0 Å². The lowest BCUT2D eigenvalue weighted by Gasteiger charge is -1.99. The number of alkyl halides is 1. The van der Waals surface area contributed by atoms with Crippen LogP contribution in [0.25, 0.3) is 0 Å². The van der Waals surface area contributed by atoms with Crippen LogP contribution in [-0.4, -0.2) is 18.4 Å². The van der Waals surface area contributed by atoms with Crippen LogP contribution in [0.4, 0.5) is 0 Å². The van der Waals surface area contributed by atoms with Gasteiger partial charge in [-0.25, -0.2) is 4.79 Å². The molecule has 0 aromatic heterocycles. The summed E-state index contributed by atoms with van der Waals surface area (Å²) in [6.45, 7) is 3.86. The third kappa shape index (κ3) is 5.97. The molecule has 0 aliphatic heterocycles. The van der Waals surface area contributed by atoms with Gasteiger partial charge in [-0.2, -0.15) is 0 Å². The van der Waals surface area contributed by atoms with Crippen molar-refractivity contribution in [1.82, 2.24) is 0 Å². The fourth-order valence-corrected chi connectivity index (χ4v) is 1.55. The minimum atomic E-state index is -0.243. The van der Waals surface area contributed by atoms with Crippen LogP contribution < -0.4 is 0 Å². The molecular formula is C11H17BrO2. The Labute approximate surface area is 94.2 Å². The first-order valence-electron chi connectivity index (χ1n) is 4.58. The average molecular weight is 261 g/mol. The highest BCUT2D eigenvalue weighted by atomic mass is 79.9. The van der Waals surface area contributed by atoms with E-state index in [9.17, 15) is 4.79 Å². The summed E-state index contributed by atoms with van der Waals surface area (Å²) in [5.41, 5.74) is 2.01.